The lowest BCUT2D eigenvalue weighted by atomic mass is 10.1. The van der Waals surface area contributed by atoms with Gasteiger partial charge in [0.1, 0.15) is 0 Å². The van der Waals surface area contributed by atoms with Crippen LogP contribution in [0.1, 0.15) is 26.2 Å². The van der Waals surface area contributed by atoms with Crippen molar-refractivity contribution in [1.29, 1.82) is 0 Å². The van der Waals surface area contributed by atoms with E-state index in [4.69, 9.17) is 15.2 Å². The van der Waals surface area contributed by atoms with Gasteiger partial charge in [-0.3, -0.25) is 0 Å². The maximum absolute atomic E-state index is 5.49. The second-order valence-corrected chi connectivity index (χ2v) is 3.08. The minimum atomic E-state index is -0.350. The molecular formula is C8H17NO2. The quantitative estimate of drug-likeness (QED) is 0.664. The fraction of sp³-hybridized carbons (Fsp3) is 1.00. The van der Waals surface area contributed by atoms with Crippen molar-refractivity contribution >= 4 is 0 Å². The van der Waals surface area contributed by atoms with Crippen LogP contribution >= 0.6 is 0 Å². The minimum absolute atomic E-state index is 0.350. The summed E-state index contributed by atoms with van der Waals surface area (Å²) in [5.41, 5.74) is 5.39. The van der Waals surface area contributed by atoms with Crippen molar-refractivity contribution in [3.8, 4) is 0 Å². The van der Waals surface area contributed by atoms with Crippen LogP contribution in [0.5, 0.6) is 0 Å². The van der Waals surface area contributed by atoms with Crippen molar-refractivity contribution in [3.05, 3.63) is 0 Å². The highest BCUT2D eigenvalue weighted by atomic mass is 16.7. The molecule has 0 aliphatic carbocycles. The highest BCUT2D eigenvalue weighted by Gasteiger charge is 2.27. The molecule has 0 bridgehead atoms. The maximum atomic E-state index is 5.49. The van der Waals surface area contributed by atoms with Gasteiger partial charge in [0.05, 0.1) is 13.2 Å². The van der Waals surface area contributed by atoms with Crippen LogP contribution < -0.4 is 5.73 Å². The molecule has 1 heterocycles. The third-order valence-electron chi connectivity index (χ3n) is 1.94. The van der Waals surface area contributed by atoms with Crippen molar-refractivity contribution in [1.82, 2.24) is 0 Å². The van der Waals surface area contributed by atoms with Gasteiger partial charge < -0.3 is 15.2 Å². The van der Waals surface area contributed by atoms with Crippen molar-refractivity contribution in [2.45, 2.75) is 32.0 Å². The molecule has 2 N–H and O–H groups in total. The van der Waals surface area contributed by atoms with Crippen molar-refractivity contribution < 1.29 is 9.47 Å². The van der Waals surface area contributed by atoms with Crippen LogP contribution in [0.25, 0.3) is 0 Å². The van der Waals surface area contributed by atoms with Crippen molar-refractivity contribution in [2.75, 3.05) is 19.8 Å². The first kappa shape index (κ1) is 8.97. The summed E-state index contributed by atoms with van der Waals surface area (Å²) in [4.78, 5) is 0. The normalized spacial score (nSPS) is 23.5. The zero-order valence-corrected chi connectivity index (χ0v) is 7.14. The molecule has 3 heteroatoms. The second-order valence-electron chi connectivity index (χ2n) is 3.08. The zero-order chi connectivity index (χ0) is 8.16. The summed E-state index contributed by atoms with van der Waals surface area (Å²) in [7, 11) is 0. The predicted octanol–water partition coefficient (Wildman–Crippen LogP) is 0.878. The Morgan fingerprint density at radius 2 is 2.00 bits per heavy atom. The highest BCUT2D eigenvalue weighted by Crippen LogP contribution is 2.22. The van der Waals surface area contributed by atoms with Crippen LogP contribution in [0, 0.1) is 0 Å². The molecule has 1 aliphatic rings. The van der Waals surface area contributed by atoms with E-state index >= 15 is 0 Å². The van der Waals surface area contributed by atoms with Crippen molar-refractivity contribution in [2.24, 2.45) is 5.73 Å². The molecule has 1 saturated heterocycles. The molecule has 1 aliphatic heterocycles. The summed E-state index contributed by atoms with van der Waals surface area (Å²) in [6.07, 6.45) is 2.89. The predicted molar refractivity (Wildman–Crippen MR) is 43.2 cm³/mol. The van der Waals surface area contributed by atoms with E-state index in [-0.39, 0.29) is 5.79 Å². The third kappa shape index (κ3) is 2.77. The second kappa shape index (κ2) is 4.04. The Balaban J connectivity index is 2.25. The highest BCUT2D eigenvalue weighted by molar-refractivity contribution is 4.66. The molecule has 1 rings (SSSR count). The standard InChI is InChI=1S/C8H17NO2/c1-8(4-2-5-9)10-6-3-7-11-8/h2-7,9H2,1H3. The Bertz CT molecular complexity index is 111. The molecule has 0 atom stereocenters. The Labute approximate surface area is 67.9 Å². The number of ether oxygens (including phenoxy) is 2. The lowest BCUT2D eigenvalue weighted by molar-refractivity contribution is -0.259. The first-order valence-corrected chi connectivity index (χ1v) is 4.25. The molecule has 0 unspecified atom stereocenters. The first-order chi connectivity index (χ1) is 5.27. The van der Waals surface area contributed by atoms with Gasteiger partial charge in [0.2, 0.25) is 0 Å². The van der Waals surface area contributed by atoms with Gasteiger partial charge >= 0.3 is 0 Å². The topological polar surface area (TPSA) is 44.5 Å². The van der Waals surface area contributed by atoms with Gasteiger partial charge in [0.25, 0.3) is 0 Å². The lowest BCUT2D eigenvalue weighted by Crippen LogP contribution is -2.37. The van der Waals surface area contributed by atoms with E-state index < -0.39 is 0 Å². The van der Waals surface area contributed by atoms with Crippen LogP contribution in [0.3, 0.4) is 0 Å². The maximum Gasteiger partial charge on any atom is 0.165 e. The van der Waals surface area contributed by atoms with Gasteiger partial charge in [0, 0.05) is 6.42 Å². The summed E-state index contributed by atoms with van der Waals surface area (Å²) in [5.74, 6) is -0.350. The Morgan fingerprint density at radius 3 is 2.55 bits per heavy atom. The van der Waals surface area contributed by atoms with Crippen LogP contribution in [0.4, 0.5) is 0 Å². The average Bonchev–Trinajstić information content (AvgIpc) is 2.03. The third-order valence-corrected chi connectivity index (χ3v) is 1.94. The molecule has 1 fully saturated rings. The van der Waals surface area contributed by atoms with Gasteiger partial charge in [0.15, 0.2) is 5.79 Å². The van der Waals surface area contributed by atoms with E-state index in [0.29, 0.717) is 6.54 Å². The van der Waals surface area contributed by atoms with Gasteiger partial charge in [-0.2, -0.15) is 0 Å². The van der Waals surface area contributed by atoms with E-state index in [2.05, 4.69) is 0 Å². The van der Waals surface area contributed by atoms with Crippen molar-refractivity contribution in [3.63, 3.8) is 0 Å². The summed E-state index contributed by atoms with van der Waals surface area (Å²) >= 11 is 0. The smallest absolute Gasteiger partial charge is 0.165 e. The van der Waals surface area contributed by atoms with Gasteiger partial charge in [-0.1, -0.05) is 0 Å². The lowest BCUT2D eigenvalue weighted by Gasteiger charge is -2.33. The summed E-state index contributed by atoms with van der Waals surface area (Å²) in [6.45, 7) is 4.34. The Kier molecular flexibility index (Phi) is 3.30. The molecule has 0 radical (unpaired) electrons. The fourth-order valence-corrected chi connectivity index (χ4v) is 1.24. The molecule has 0 aromatic rings. The van der Waals surface area contributed by atoms with Gasteiger partial charge in [-0.15, -0.1) is 0 Å². The van der Waals surface area contributed by atoms with E-state index in [9.17, 15) is 0 Å². The van der Waals surface area contributed by atoms with E-state index in [1.165, 1.54) is 0 Å². The molecule has 0 aromatic carbocycles. The molecule has 66 valence electrons. The SMILES string of the molecule is CC1(CCCN)OCCCO1. The molecule has 3 nitrogen and oxygen atoms in total. The van der Waals surface area contributed by atoms with Crippen LogP contribution in [-0.2, 0) is 9.47 Å². The molecule has 11 heavy (non-hydrogen) atoms. The monoisotopic (exact) mass is 159 g/mol. The molecule has 0 spiro atoms. The summed E-state index contributed by atoms with van der Waals surface area (Å²) in [5, 5.41) is 0. The number of hydrogen-bond donors (Lipinski definition) is 1. The van der Waals surface area contributed by atoms with E-state index in [1.54, 1.807) is 0 Å². The number of hydrogen-bond acceptors (Lipinski definition) is 3. The molecule has 0 amide bonds. The van der Waals surface area contributed by atoms with Gasteiger partial charge in [-0.05, 0) is 26.3 Å². The Morgan fingerprint density at radius 1 is 1.36 bits per heavy atom. The van der Waals surface area contributed by atoms with E-state index in [0.717, 1.165) is 32.5 Å². The molecule has 0 saturated carbocycles. The van der Waals surface area contributed by atoms with Crippen LogP contribution in [0.2, 0.25) is 0 Å². The Hall–Kier alpha value is -0.120. The first-order valence-electron chi connectivity index (χ1n) is 4.25. The minimum Gasteiger partial charge on any atom is -0.350 e. The van der Waals surface area contributed by atoms with Crippen LogP contribution in [-0.4, -0.2) is 25.5 Å². The number of nitrogens with two attached hydrogens (primary N) is 1. The fourth-order valence-electron chi connectivity index (χ4n) is 1.24. The van der Waals surface area contributed by atoms with Gasteiger partial charge in [-0.25, -0.2) is 0 Å². The molecular weight excluding hydrogens is 142 g/mol. The molecule has 0 aromatic heterocycles. The van der Waals surface area contributed by atoms with E-state index in [1.807, 2.05) is 6.92 Å². The number of rotatable bonds is 3. The summed E-state index contributed by atoms with van der Waals surface area (Å²) in [6, 6.07) is 0. The largest absolute Gasteiger partial charge is 0.350 e. The van der Waals surface area contributed by atoms with Crippen LogP contribution in [0.15, 0.2) is 0 Å². The zero-order valence-electron chi connectivity index (χ0n) is 7.14. The summed E-state index contributed by atoms with van der Waals surface area (Å²) < 4.78 is 11.0. The average molecular weight is 159 g/mol.